The normalized spacial score (nSPS) is 11.2. The van der Waals surface area contributed by atoms with Gasteiger partial charge >= 0.3 is 0 Å². The molecule has 0 aliphatic carbocycles. The Morgan fingerprint density at radius 3 is 0.625 bits per heavy atom. The van der Waals surface area contributed by atoms with E-state index in [0.717, 1.165) is 66.8 Å². The Morgan fingerprint density at radius 2 is 0.422 bits per heavy atom. The fourth-order valence-corrected chi connectivity index (χ4v) is 8.14. The Kier molecular flexibility index (Phi) is 13.6. The molecule has 8 aromatic carbocycles. The van der Waals surface area contributed by atoms with E-state index < -0.39 is 0 Å². The summed E-state index contributed by atoms with van der Waals surface area (Å²) in [6, 6.07) is 73.0. The van der Waals surface area contributed by atoms with E-state index in [-0.39, 0.29) is 10.8 Å². The number of rotatable bonds is 12. The van der Waals surface area contributed by atoms with Gasteiger partial charge in [-0.1, -0.05) is 271 Å². The van der Waals surface area contributed by atoms with Crippen molar-refractivity contribution in [1.29, 1.82) is 0 Å². The summed E-state index contributed by atoms with van der Waals surface area (Å²) in [4.78, 5) is 0. The van der Waals surface area contributed by atoms with Gasteiger partial charge in [-0.25, -0.2) is 0 Å². The van der Waals surface area contributed by atoms with Gasteiger partial charge in [0.15, 0.2) is 0 Å². The van der Waals surface area contributed by atoms with Crippen LogP contribution in [0.2, 0.25) is 0 Å². The van der Waals surface area contributed by atoms with Crippen molar-refractivity contribution in [2.45, 2.75) is 52.4 Å². The zero-order valence-corrected chi connectivity index (χ0v) is 38.5. The van der Waals surface area contributed by atoms with Crippen LogP contribution in [-0.4, -0.2) is 0 Å². The lowest BCUT2D eigenvalue weighted by molar-refractivity contribution is 0.640. The van der Waals surface area contributed by atoms with Gasteiger partial charge in [-0.15, -0.1) is 0 Å². The Labute approximate surface area is 383 Å². The SMILES string of the molecule is C=C(c1ccc(C)cc1)c1ccc(C(C)(C)c2ccc(C(=C)c3ccc(C)cc3)cc2)cc1.C=C(c1ccccc1)c1ccc(C(C)(C)c2ccc(C(=C)c3ccccc3)cc2)cc1. The molecule has 0 bridgehead atoms. The van der Waals surface area contributed by atoms with Crippen LogP contribution >= 0.6 is 0 Å². The number of hydrogen-bond acceptors (Lipinski definition) is 0. The lowest BCUT2D eigenvalue weighted by atomic mass is 9.77. The number of aryl methyl sites for hydroxylation is 2. The van der Waals surface area contributed by atoms with Crippen molar-refractivity contribution in [2.75, 3.05) is 0 Å². The highest BCUT2D eigenvalue weighted by molar-refractivity contribution is 5.81. The zero-order valence-electron chi connectivity index (χ0n) is 38.5. The predicted octanol–water partition coefficient (Wildman–Crippen LogP) is 16.9. The fraction of sp³-hybridized carbons (Fsp3) is 0.125. The highest BCUT2D eigenvalue weighted by Crippen LogP contribution is 2.36. The predicted molar refractivity (Wildman–Crippen MR) is 278 cm³/mol. The van der Waals surface area contributed by atoms with Crippen LogP contribution in [-0.2, 0) is 10.8 Å². The Balaban J connectivity index is 0.000000192. The second kappa shape index (κ2) is 19.4. The molecule has 316 valence electrons. The fourth-order valence-electron chi connectivity index (χ4n) is 8.14. The summed E-state index contributed by atoms with van der Waals surface area (Å²) in [6.45, 7) is 30.5. The molecule has 0 saturated carbocycles. The molecule has 0 heterocycles. The third kappa shape index (κ3) is 10.2. The third-order valence-corrected chi connectivity index (χ3v) is 12.9. The minimum Gasteiger partial charge on any atom is -0.0906 e. The molecule has 0 aliphatic rings. The summed E-state index contributed by atoms with van der Waals surface area (Å²) >= 11 is 0. The van der Waals surface area contributed by atoms with Gasteiger partial charge in [0.25, 0.3) is 0 Å². The van der Waals surface area contributed by atoms with Gasteiger partial charge in [-0.3, -0.25) is 0 Å². The smallest absolute Gasteiger partial charge is 0.0146 e. The van der Waals surface area contributed by atoms with Crippen LogP contribution in [0.25, 0.3) is 22.3 Å². The van der Waals surface area contributed by atoms with Crippen molar-refractivity contribution in [3.05, 3.63) is 310 Å². The molecule has 0 atom stereocenters. The highest BCUT2D eigenvalue weighted by atomic mass is 14.3. The summed E-state index contributed by atoms with van der Waals surface area (Å²) < 4.78 is 0. The van der Waals surface area contributed by atoms with Crippen molar-refractivity contribution in [3.63, 3.8) is 0 Å². The van der Waals surface area contributed by atoms with E-state index in [9.17, 15) is 0 Å². The molecule has 0 nitrogen and oxygen atoms in total. The summed E-state index contributed by atoms with van der Waals surface area (Å²) in [5.41, 5.74) is 20.9. The van der Waals surface area contributed by atoms with Gasteiger partial charge in [0.05, 0.1) is 0 Å². The largest absolute Gasteiger partial charge is 0.0906 e. The first-order valence-corrected chi connectivity index (χ1v) is 22.2. The molecule has 0 aromatic heterocycles. The maximum absolute atomic E-state index is 4.32. The van der Waals surface area contributed by atoms with E-state index in [1.807, 2.05) is 36.4 Å². The second-order valence-electron chi connectivity index (χ2n) is 17.9. The first-order chi connectivity index (χ1) is 30.7. The molecule has 64 heavy (non-hydrogen) atoms. The van der Waals surface area contributed by atoms with E-state index in [1.54, 1.807) is 0 Å². The van der Waals surface area contributed by atoms with Crippen LogP contribution in [0.4, 0.5) is 0 Å². The van der Waals surface area contributed by atoms with Gasteiger partial charge < -0.3 is 0 Å². The quantitative estimate of drug-likeness (QED) is 0.115. The van der Waals surface area contributed by atoms with Gasteiger partial charge in [-0.2, -0.15) is 0 Å². The van der Waals surface area contributed by atoms with Crippen LogP contribution < -0.4 is 0 Å². The summed E-state index contributed by atoms with van der Waals surface area (Å²) in [5, 5.41) is 0. The Hall–Kier alpha value is -7.28. The Morgan fingerprint density at radius 1 is 0.250 bits per heavy atom. The van der Waals surface area contributed by atoms with Crippen LogP contribution in [0, 0.1) is 13.8 Å². The first-order valence-electron chi connectivity index (χ1n) is 22.2. The highest BCUT2D eigenvalue weighted by Gasteiger charge is 2.25. The van der Waals surface area contributed by atoms with Gasteiger partial charge in [0, 0.05) is 10.8 Å². The molecule has 0 unspecified atom stereocenters. The molecule has 0 aliphatic heterocycles. The van der Waals surface area contributed by atoms with Crippen molar-refractivity contribution in [2.24, 2.45) is 0 Å². The van der Waals surface area contributed by atoms with E-state index in [1.165, 1.54) is 33.4 Å². The molecule has 0 spiro atoms. The summed E-state index contributed by atoms with van der Waals surface area (Å²) in [5.74, 6) is 0. The van der Waals surface area contributed by atoms with Crippen molar-refractivity contribution >= 4 is 22.3 Å². The maximum atomic E-state index is 4.32. The average Bonchev–Trinajstić information content (AvgIpc) is 3.34. The summed E-state index contributed by atoms with van der Waals surface area (Å²) in [6.07, 6.45) is 0. The average molecular weight is 829 g/mol. The molecule has 0 fully saturated rings. The lowest BCUT2D eigenvalue weighted by Crippen LogP contribution is -2.18. The van der Waals surface area contributed by atoms with E-state index >= 15 is 0 Å². The standard InChI is InChI=1S/C33H32.C31H28/c1-23-7-11-27(12-8-23)25(3)29-15-19-31(20-16-29)33(5,6)32-21-17-30(18-22-32)26(4)28-13-9-24(2)10-14-28;1-23(25-11-7-5-8-12-25)27-15-19-29(20-16-27)31(3,4)30-21-17-28(18-22-30)24(2)26-13-9-6-10-14-26/h7-22H,3-4H2,1-2,5-6H3;5-22H,1-2H2,3-4H3. The second-order valence-corrected chi connectivity index (χ2v) is 17.9. The number of hydrogen-bond donors (Lipinski definition) is 0. The summed E-state index contributed by atoms with van der Waals surface area (Å²) in [7, 11) is 0. The van der Waals surface area contributed by atoms with Crippen molar-refractivity contribution < 1.29 is 0 Å². The van der Waals surface area contributed by atoms with Gasteiger partial charge in [-0.05, 0) is 103 Å². The van der Waals surface area contributed by atoms with Gasteiger partial charge in [0.2, 0.25) is 0 Å². The molecule has 0 amide bonds. The van der Waals surface area contributed by atoms with E-state index in [4.69, 9.17) is 0 Å². The Bertz CT molecular complexity index is 2650. The molecule has 0 N–H and O–H groups in total. The molecule has 8 rings (SSSR count). The van der Waals surface area contributed by atoms with Crippen LogP contribution in [0.3, 0.4) is 0 Å². The number of benzene rings is 8. The molecule has 0 heteroatoms. The monoisotopic (exact) mass is 828 g/mol. The van der Waals surface area contributed by atoms with Crippen LogP contribution in [0.5, 0.6) is 0 Å². The molecule has 8 aromatic rings. The first kappa shape index (κ1) is 44.8. The van der Waals surface area contributed by atoms with E-state index in [2.05, 4.69) is 238 Å². The minimum atomic E-state index is -0.104. The molecular formula is C64H60. The van der Waals surface area contributed by atoms with Crippen molar-refractivity contribution in [1.82, 2.24) is 0 Å². The molecule has 0 saturated heterocycles. The minimum absolute atomic E-state index is 0.0980. The molecular weight excluding hydrogens is 769 g/mol. The maximum Gasteiger partial charge on any atom is 0.0146 e. The van der Waals surface area contributed by atoms with Crippen LogP contribution in [0.1, 0.15) is 106 Å². The topological polar surface area (TPSA) is 0 Å². The van der Waals surface area contributed by atoms with Crippen LogP contribution in [0.15, 0.2) is 233 Å². The van der Waals surface area contributed by atoms with Gasteiger partial charge in [0.1, 0.15) is 0 Å². The lowest BCUT2D eigenvalue weighted by Gasteiger charge is -2.27. The van der Waals surface area contributed by atoms with Crippen molar-refractivity contribution in [3.8, 4) is 0 Å². The van der Waals surface area contributed by atoms with E-state index in [0.29, 0.717) is 0 Å². The molecule has 0 radical (unpaired) electrons. The zero-order chi connectivity index (χ0) is 45.4. The third-order valence-electron chi connectivity index (χ3n) is 12.9.